The third kappa shape index (κ3) is 5.26. The second kappa shape index (κ2) is 9.26. The summed E-state index contributed by atoms with van der Waals surface area (Å²) in [6.07, 6.45) is 0.760. The quantitative estimate of drug-likeness (QED) is 0.498. The van der Waals surface area contributed by atoms with Crippen molar-refractivity contribution in [3.63, 3.8) is 0 Å². The van der Waals surface area contributed by atoms with Crippen molar-refractivity contribution in [1.29, 1.82) is 0 Å². The Bertz CT molecular complexity index is 1320. The molecule has 0 spiro atoms. The number of para-hydroxylation sites is 3. The van der Waals surface area contributed by atoms with Gasteiger partial charge in [0.15, 0.2) is 18.1 Å². The molecule has 2 N–H and O–H groups in total. The predicted molar refractivity (Wildman–Crippen MR) is 129 cm³/mol. The number of benzene rings is 3. The molecule has 0 atom stereocenters. The molecule has 3 aromatic carbocycles. The van der Waals surface area contributed by atoms with Crippen LogP contribution in [0.3, 0.4) is 0 Å². The molecule has 3 aromatic rings. The Hall–Kier alpha value is -3.72. The number of methoxy groups -OCH3 is 1. The largest absolute Gasteiger partial charge is 0.495 e. The summed E-state index contributed by atoms with van der Waals surface area (Å²) < 4.78 is 45.1. The lowest BCUT2D eigenvalue weighted by molar-refractivity contribution is -0.118. The van der Waals surface area contributed by atoms with E-state index in [1.165, 1.54) is 19.2 Å². The van der Waals surface area contributed by atoms with E-state index in [1.807, 2.05) is 26.0 Å². The van der Waals surface area contributed by atoms with Crippen LogP contribution in [0, 0.1) is 0 Å². The first kappa shape index (κ1) is 23.4. The predicted octanol–water partition coefficient (Wildman–Crippen LogP) is 4.23. The van der Waals surface area contributed by atoms with Gasteiger partial charge in [-0.2, -0.15) is 0 Å². The Kier molecular flexibility index (Phi) is 6.39. The van der Waals surface area contributed by atoms with E-state index >= 15 is 0 Å². The van der Waals surface area contributed by atoms with Crippen LogP contribution in [-0.2, 0) is 21.2 Å². The van der Waals surface area contributed by atoms with Gasteiger partial charge in [0.05, 0.1) is 17.7 Å². The number of ether oxygens (including phenoxy) is 3. The van der Waals surface area contributed by atoms with E-state index in [0.717, 1.165) is 12.0 Å². The summed E-state index contributed by atoms with van der Waals surface area (Å²) in [6, 6.07) is 18.3. The van der Waals surface area contributed by atoms with Crippen LogP contribution in [0.15, 0.2) is 71.6 Å². The van der Waals surface area contributed by atoms with Crippen LogP contribution in [-0.4, -0.2) is 33.6 Å². The van der Waals surface area contributed by atoms with E-state index in [4.69, 9.17) is 14.2 Å². The molecule has 34 heavy (non-hydrogen) atoms. The van der Waals surface area contributed by atoms with Crippen molar-refractivity contribution >= 4 is 27.3 Å². The maximum Gasteiger partial charge on any atom is 0.262 e. The molecule has 0 aliphatic carbocycles. The number of sulfonamides is 1. The van der Waals surface area contributed by atoms with Crippen molar-refractivity contribution in [2.45, 2.75) is 30.8 Å². The van der Waals surface area contributed by atoms with Gasteiger partial charge in [-0.25, -0.2) is 8.42 Å². The Morgan fingerprint density at radius 3 is 2.56 bits per heavy atom. The number of carbonyl (C=O) groups excluding carboxylic acids is 1. The second-order valence-corrected chi connectivity index (χ2v) is 10.1. The zero-order valence-electron chi connectivity index (χ0n) is 19.1. The minimum absolute atomic E-state index is 0.00589. The fourth-order valence-corrected chi connectivity index (χ4v) is 4.83. The van der Waals surface area contributed by atoms with Gasteiger partial charge in [-0.3, -0.25) is 9.52 Å². The lowest BCUT2D eigenvalue weighted by atomic mass is 10.0. The molecule has 1 heterocycles. The third-order valence-corrected chi connectivity index (χ3v) is 6.56. The fourth-order valence-electron chi connectivity index (χ4n) is 3.72. The van der Waals surface area contributed by atoms with Gasteiger partial charge in [-0.05, 0) is 50.2 Å². The average molecular weight is 483 g/mol. The van der Waals surface area contributed by atoms with Crippen molar-refractivity contribution in [3.05, 3.63) is 72.3 Å². The zero-order chi connectivity index (χ0) is 24.3. The van der Waals surface area contributed by atoms with Crippen LogP contribution in [0.1, 0.15) is 19.4 Å². The van der Waals surface area contributed by atoms with Gasteiger partial charge in [-0.15, -0.1) is 0 Å². The molecule has 4 rings (SSSR count). The monoisotopic (exact) mass is 482 g/mol. The molecular weight excluding hydrogens is 456 g/mol. The summed E-state index contributed by atoms with van der Waals surface area (Å²) in [4.78, 5) is 12.5. The van der Waals surface area contributed by atoms with Gasteiger partial charge in [0.1, 0.15) is 11.4 Å². The minimum Gasteiger partial charge on any atom is -0.495 e. The van der Waals surface area contributed by atoms with Crippen molar-refractivity contribution in [2.24, 2.45) is 0 Å². The van der Waals surface area contributed by atoms with Gasteiger partial charge >= 0.3 is 0 Å². The lowest BCUT2D eigenvalue weighted by Crippen LogP contribution is -2.25. The van der Waals surface area contributed by atoms with Crippen LogP contribution in [0.2, 0.25) is 0 Å². The van der Waals surface area contributed by atoms with Crippen LogP contribution in [0.5, 0.6) is 17.2 Å². The minimum atomic E-state index is -3.91. The molecule has 9 heteroatoms. The highest BCUT2D eigenvalue weighted by atomic mass is 32.2. The third-order valence-electron chi connectivity index (χ3n) is 5.19. The number of hydrogen-bond acceptors (Lipinski definition) is 6. The highest BCUT2D eigenvalue weighted by Gasteiger charge is 2.32. The number of hydrogen-bond donors (Lipinski definition) is 2. The van der Waals surface area contributed by atoms with Gasteiger partial charge < -0.3 is 19.5 Å². The van der Waals surface area contributed by atoms with Crippen molar-refractivity contribution in [2.75, 3.05) is 23.8 Å². The number of nitrogens with one attached hydrogen (secondary N) is 2. The number of rotatable bonds is 8. The molecule has 1 amide bonds. The van der Waals surface area contributed by atoms with Crippen LogP contribution < -0.4 is 24.2 Å². The van der Waals surface area contributed by atoms with E-state index in [-0.39, 0.29) is 17.1 Å². The molecule has 0 saturated carbocycles. The van der Waals surface area contributed by atoms with E-state index in [9.17, 15) is 13.2 Å². The van der Waals surface area contributed by atoms with E-state index < -0.39 is 15.9 Å². The molecular formula is C25H26N2O6S. The number of carbonyl (C=O) groups is 1. The molecule has 0 fully saturated rings. The summed E-state index contributed by atoms with van der Waals surface area (Å²) in [6.45, 7) is 3.73. The maximum atomic E-state index is 12.9. The summed E-state index contributed by atoms with van der Waals surface area (Å²) in [7, 11) is -2.45. The van der Waals surface area contributed by atoms with Crippen molar-refractivity contribution in [1.82, 2.24) is 0 Å². The molecule has 8 nitrogen and oxygen atoms in total. The molecule has 1 aliphatic rings. The maximum absolute atomic E-state index is 12.9. The molecule has 0 aromatic heterocycles. The number of anilines is 2. The average Bonchev–Trinajstić information content (AvgIpc) is 3.12. The zero-order valence-corrected chi connectivity index (χ0v) is 19.9. The highest BCUT2D eigenvalue weighted by Crippen LogP contribution is 2.41. The van der Waals surface area contributed by atoms with E-state index in [1.54, 1.807) is 42.5 Å². The molecule has 0 radical (unpaired) electrons. The first-order valence-electron chi connectivity index (χ1n) is 10.7. The smallest absolute Gasteiger partial charge is 0.262 e. The lowest BCUT2D eigenvalue weighted by Gasteiger charge is -2.18. The number of amides is 1. The highest BCUT2D eigenvalue weighted by molar-refractivity contribution is 7.92. The van der Waals surface area contributed by atoms with Crippen LogP contribution in [0.4, 0.5) is 11.4 Å². The van der Waals surface area contributed by atoms with Crippen LogP contribution >= 0.6 is 0 Å². The van der Waals surface area contributed by atoms with Crippen molar-refractivity contribution < 1.29 is 27.4 Å². The van der Waals surface area contributed by atoms with Crippen LogP contribution in [0.25, 0.3) is 0 Å². The standard InChI is InChI=1S/C25H26N2O6S/c1-25(2)15-17-8-6-13-22(24(17)33-25)32-16-23(28)26-18-9-7-10-19(14-18)34(29,30)27-20-11-4-5-12-21(20)31-3/h4-14,27H,15-16H2,1-3H3,(H,26,28). The summed E-state index contributed by atoms with van der Waals surface area (Å²) >= 11 is 0. The Balaban J connectivity index is 1.42. The fraction of sp³-hybridized carbons (Fsp3) is 0.240. The van der Waals surface area contributed by atoms with Gasteiger partial charge in [-0.1, -0.05) is 30.3 Å². The van der Waals surface area contributed by atoms with Gasteiger partial charge in [0.2, 0.25) is 0 Å². The molecule has 1 aliphatic heterocycles. The first-order valence-corrected chi connectivity index (χ1v) is 12.1. The Morgan fingerprint density at radius 1 is 1.03 bits per heavy atom. The topological polar surface area (TPSA) is 103 Å². The van der Waals surface area contributed by atoms with E-state index in [0.29, 0.717) is 28.6 Å². The normalized spacial score (nSPS) is 14.0. The van der Waals surface area contributed by atoms with E-state index in [2.05, 4.69) is 10.0 Å². The molecule has 0 unspecified atom stereocenters. The number of fused-ring (bicyclic) bond motifs is 1. The molecule has 178 valence electrons. The second-order valence-electron chi connectivity index (χ2n) is 8.45. The Labute approximate surface area is 198 Å². The summed E-state index contributed by atoms with van der Waals surface area (Å²) in [5.74, 6) is 1.11. The molecule has 0 bridgehead atoms. The van der Waals surface area contributed by atoms with Crippen molar-refractivity contribution in [3.8, 4) is 17.2 Å². The molecule has 0 saturated heterocycles. The first-order chi connectivity index (χ1) is 16.2. The van der Waals surface area contributed by atoms with Gasteiger partial charge in [0, 0.05) is 17.7 Å². The summed E-state index contributed by atoms with van der Waals surface area (Å²) in [5, 5.41) is 2.67. The SMILES string of the molecule is COc1ccccc1NS(=O)(=O)c1cccc(NC(=O)COc2cccc3c2OC(C)(C)C3)c1. The van der Waals surface area contributed by atoms with Gasteiger partial charge in [0.25, 0.3) is 15.9 Å². The Morgan fingerprint density at radius 2 is 1.76 bits per heavy atom. The summed E-state index contributed by atoms with van der Waals surface area (Å²) in [5.41, 5.74) is 1.34.